The van der Waals surface area contributed by atoms with Crippen LogP contribution in [0, 0.1) is 0 Å². The third-order valence-electron chi connectivity index (χ3n) is 1.20. The van der Waals surface area contributed by atoms with Crippen LogP contribution in [0.2, 0.25) is 4.34 Å². The molecule has 0 saturated carbocycles. The Morgan fingerprint density at radius 1 is 1.46 bits per heavy atom. The van der Waals surface area contributed by atoms with Gasteiger partial charge in [0, 0.05) is 6.04 Å². The van der Waals surface area contributed by atoms with Gasteiger partial charge in [-0.25, -0.2) is 13.1 Å². The summed E-state index contributed by atoms with van der Waals surface area (Å²) in [5, 5.41) is 0. The lowest BCUT2D eigenvalue weighted by Crippen LogP contribution is -2.29. The maximum atomic E-state index is 11.5. The fourth-order valence-corrected chi connectivity index (χ4v) is 3.56. The van der Waals surface area contributed by atoms with Gasteiger partial charge in [0.2, 0.25) is 10.0 Å². The standard InChI is InChI=1S/C7H10ClNO2S2/c1-5(2)9-13(10,11)7-4-3-6(8)12-7/h3-5,9H,1-2H3. The van der Waals surface area contributed by atoms with Crippen LogP contribution in [0.5, 0.6) is 0 Å². The molecule has 1 aromatic rings. The van der Waals surface area contributed by atoms with E-state index in [2.05, 4.69) is 4.72 Å². The molecule has 0 aliphatic rings. The zero-order chi connectivity index (χ0) is 10.1. The molecule has 74 valence electrons. The van der Waals surface area contributed by atoms with Crippen LogP contribution in [0.15, 0.2) is 16.3 Å². The van der Waals surface area contributed by atoms with Gasteiger partial charge in [0.05, 0.1) is 4.34 Å². The Morgan fingerprint density at radius 3 is 2.46 bits per heavy atom. The highest BCUT2D eigenvalue weighted by Gasteiger charge is 2.16. The first kappa shape index (κ1) is 11.0. The van der Waals surface area contributed by atoms with Crippen molar-refractivity contribution < 1.29 is 8.42 Å². The van der Waals surface area contributed by atoms with E-state index in [4.69, 9.17) is 11.6 Å². The molecule has 3 nitrogen and oxygen atoms in total. The molecular formula is C7H10ClNO2S2. The van der Waals surface area contributed by atoms with Gasteiger partial charge >= 0.3 is 0 Å². The van der Waals surface area contributed by atoms with Crippen LogP contribution in [0.3, 0.4) is 0 Å². The minimum absolute atomic E-state index is 0.106. The van der Waals surface area contributed by atoms with Gasteiger partial charge in [-0.2, -0.15) is 0 Å². The van der Waals surface area contributed by atoms with E-state index >= 15 is 0 Å². The lowest BCUT2D eigenvalue weighted by atomic mass is 10.4. The van der Waals surface area contributed by atoms with E-state index in [0.717, 1.165) is 11.3 Å². The fourth-order valence-electron chi connectivity index (χ4n) is 0.811. The lowest BCUT2D eigenvalue weighted by Gasteiger charge is -2.06. The molecule has 0 aliphatic carbocycles. The van der Waals surface area contributed by atoms with Gasteiger partial charge in [-0.3, -0.25) is 0 Å². The van der Waals surface area contributed by atoms with E-state index in [-0.39, 0.29) is 10.3 Å². The minimum Gasteiger partial charge on any atom is -0.208 e. The molecule has 1 N–H and O–H groups in total. The fraction of sp³-hybridized carbons (Fsp3) is 0.429. The number of nitrogens with one attached hydrogen (secondary N) is 1. The predicted molar refractivity (Wildman–Crippen MR) is 54.8 cm³/mol. The predicted octanol–water partition coefficient (Wildman–Crippen LogP) is 2.09. The molecule has 0 unspecified atom stereocenters. The Labute approximate surface area is 86.8 Å². The average molecular weight is 240 g/mol. The van der Waals surface area contributed by atoms with Crippen molar-refractivity contribution in [3.63, 3.8) is 0 Å². The summed E-state index contributed by atoms with van der Waals surface area (Å²) in [7, 11) is -3.35. The molecule has 1 aromatic heterocycles. The summed E-state index contributed by atoms with van der Waals surface area (Å²) >= 11 is 6.68. The molecule has 0 aliphatic heterocycles. The maximum Gasteiger partial charge on any atom is 0.250 e. The lowest BCUT2D eigenvalue weighted by molar-refractivity contribution is 0.572. The number of rotatable bonds is 3. The first-order valence-electron chi connectivity index (χ1n) is 3.69. The maximum absolute atomic E-state index is 11.5. The highest BCUT2D eigenvalue weighted by molar-refractivity contribution is 7.91. The van der Waals surface area contributed by atoms with Crippen molar-refractivity contribution in [2.45, 2.75) is 24.1 Å². The number of halogens is 1. The van der Waals surface area contributed by atoms with E-state index in [1.54, 1.807) is 19.9 Å². The van der Waals surface area contributed by atoms with Crippen LogP contribution >= 0.6 is 22.9 Å². The van der Waals surface area contributed by atoms with Crippen molar-refractivity contribution >= 4 is 33.0 Å². The second kappa shape index (κ2) is 3.96. The Kier molecular flexibility index (Phi) is 3.34. The van der Waals surface area contributed by atoms with E-state index < -0.39 is 10.0 Å². The first-order chi connectivity index (χ1) is 5.92. The molecule has 13 heavy (non-hydrogen) atoms. The van der Waals surface area contributed by atoms with E-state index in [1.165, 1.54) is 6.07 Å². The molecular weight excluding hydrogens is 230 g/mol. The van der Waals surface area contributed by atoms with Crippen LogP contribution in [0.1, 0.15) is 13.8 Å². The van der Waals surface area contributed by atoms with Crippen molar-refractivity contribution in [1.29, 1.82) is 0 Å². The van der Waals surface area contributed by atoms with Crippen molar-refractivity contribution in [2.75, 3.05) is 0 Å². The van der Waals surface area contributed by atoms with Gasteiger partial charge in [-0.15, -0.1) is 11.3 Å². The molecule has 0 saturated heterocycles. The summed E-state index contributed by atoms with van der Waals surface area (Å²) in [5.74, 6) is 0. The van der Waals surface area contributed by atoms with Crippen molar-refractivity contribution in [1.82, 2.24) is 4.72 Å². The molecule has 6 heteroatoms. The number of thiophene rings is 1. The van der Waals surface area contributed by atoms with Gasteiger partial charge in [0.1, 0.15) is 4.21 Å². The SMILES string of the molecule is CC(C)NS(=O)(=O)c1ccc(Cl)s1. The van der Waals surface area contributed by atoms with Gasteiger partial charge in [-0.05, 0) is 26.0 Å². The minimum atomic E-state index is -3.35. The van der Waals surface area contributed by atoms with Crippen molar-refractivity contribution in [3.05, 3.63) is 16.5 Å². The third-order valence-corrected chi connectivity index (χ3v) is 4.59. The molecule has 0 radical (unpaired) electrons. The Balaban J connectivity index is 2.95. The number of hydrogen-bond donors (Lipinski definition) is 1. The molecule has 0 amide bonds. The molecule has 0 atom stereocenters. The zero-order valence-corrected chi connectivity index (χ0v) is 9.63. The van der Waals surface area contributed by atoms with Crippen LogP contribution in [-0.4, -0.2) is 14.5 Å². The van der Waals surface area contributed by atoms with Crippen LogP contribution in [0.25, 0.3) is 0 Å². The smallest absolute Gasteiger partial charge is 0.208 e. The van der Waals surface area contributed by atoms with E-state index in [9.17, 15) is 8.42 Å². The Bertz CT molecular complexity index is 383. The molecule has 1 heterocycles. The summed E-state index contributed by atoms with van der Waals surface area (Å²) < 4.78 is 26.2. The second-order valence-corrected chi connectivity index (χ2v) is 6.49. The average Bonchev–Trinajstić information content (AvgIpc) is 2.32. The summed E-state index contributed by atoms with van der Waals surface area (Å²) in [5.41, 5.74) is 0. The molecule has 1 rings (SSSR count). The van der Waals surface area contributed by atoms with E-state index in [1.807, 2.05) is 0 Å². The Morgan fingerprint density at radius 2 is 2.08 bits per heavy atom. The molecule has 0 fully saturated rings. The third kappa shape index (κ3) is 2.95. The highest BCUT2D eigenvalue weighted by Crippen LogP contribution is 2.25. The van der Waals surface area contributed by atoms with Gasteiger partial charge in [-0.1, -0.05) is 11.6 Å². The zero-order valence-electron chi connectivity index (χ0n) is 7.24. The highest BCUT2D eigenvalue weighted by atomic mass is 35.5. The van der Waals surface area contributed by atoms with Crippen LogP contribution < -0.4 is 4.72 Å². The van der Waals surface area contributed by atoms with Gasteiger partial charge in [0.15, 0.2) is 0 Å². The van der Waals surface area contributed by atoms with Crippen molar-refractivity contribution in [2.24, 2.45) is 0 Å². The second-order valence-electron chi connectivity index (χ2n) is 2.83. The summed E-state index contributed by atoms with van der Waals surface area (Å²) in [6.45, 7) is 3.54. The molecule has 0 spiro atoms. The normalized spacial score (nSPS) is 12.3. The first-order valence-corrected chi connectivity index (χ1v) is 6.37. The topological polar surface area (TPSA) is 46.2 Å². The van der Waals surface area contributed by atoms with Gasteiger partial charge < -0.3 is 0 Å². The monoisotopic (exact) mass is 239 g/mol. The number of hydrogen-bond acceptors (Lipinski definition) is 3. The summed E-state index contributed by atoms with van der Waals surface area (Å²) in [6.07, 6.45) is 0. The summed E-state index contributed by atoms with van der Waals surface area (Å²) in [4.78, 5) is 0. The van der Waals surface area contributed by atoms with Gasteiger partial charge in [0.25, 0.3) is 0 Å². The quantitative estimate of drug-likeness (QED) is 0.878. The van der Waals surface area contributed by atoms with Crippen molar-refractivity contribution in [3.8, 4) is 0 Å². The Hall–Kier alpha value is -0.100. The molecule has 0 aromatic carbocycles. The van der Waals surface area contributed by atoms with Crippen LogP contribution in [-0.2, 0) is 10.0 Å². The molecule has 0 bridgehead atoms. The number of sulfonamides is 1. The van der Waals surface area contributed by atoms with E-state index in [0.29, 0.717) is 4.34 Å². The summed E-state index contributed by atoms with van der Waals surface area (Å²) in [6, 6.07) is 2.96. The largest absolute Gasteiger partial charge is 0.250 e. The van der Waals surface area contributed by atoms with Crippen LogP contribution in [0.4, 0.5) is 0 Å².